The lowest BCUT2D eigenvalue weighted by Crippen LogP contribution is -2.46. The number of sulfonamides is 1. The Hall–Kier alpha value is -2.13. The third-order valence-electron chi connectivity index (χ3n) is 3.50. The summed E-state index contributed by atoms with van der Waals surface area (Å²) in [5.41, 5.74) is 0.294. The molecule has 2 amide bonds. The third-order valence-corrected chi connectivity index (χ3v) is 5.33. The second-order valence-corrected chi connectivity index (χ2v) is 8.18. The molecule has 0 saturated carbocycles. The maximum Gasteiger partial charge on any atom is 0.247 e. The van der Waals surface area contributed by atoms with Gasteiger partial charge in [0.05, 0.1) is 7.11 Å². The van der Waals surface area contributed by atoms with Gasteiger partial charge in [-0.3, -0.25) is 9.59 Å². The van der Waals surface area contributed by atoms with E-state index in [4.69, 9.17) is 4.74 Å². The molecule has 1 rings (SSSR count). The van der Waals surface area contributed by atoms with Gasteiger partial charge in [-0.1, -0.05) is 13.8 Å². The summed E-state index contributed by atoms with van der Waals surface area (Å²) < 4.78 is 31.0. The van der Waals surface area contributed by atoms with Crippen molar-refractivity contribution in [1.29, 1.82) is 0 Å². The Balaban J connectivity index is 3.19. The Morgan fingerprint density at radius 3 is 2.24 bits per heavy atom. The molecule has 0 fully saturated rings. The molecule has 0 radical (unpaired) electrons. The first-order valence-corrected chi connectivity index (χ1v) is 9.13. The fraction of sp³-hybridized carbons (Fsp3) is 0.500. The molecule has 1 unspecified atom stereocenters. The summed E-state index contributed by atoms with van der Waals surface area (Å²) in [5.74, 6) is -0.705. The van der Waals surface area contributed by atoms with Crippen molar-refractivity contribution in [1.82, 2.24) is 9.62 Å². The second-order valence-electron chi connectivity index (χ2n) is 6.06. The normalized spacial score (nSPS) is 12.8. The van der Waals surface area contributed by atoms with E-state index >= 15 is 0 Å². The van der Waals surface area contributed by atoms with E-state index in [1.54, 1.807) is 13.8 Å². The van der Waals surface area contributed by atoms with Crippen LogP contribution >= 0.6 is 0 Å². The highest BCUT2D eigenvalue weighted by atomic mass is 32.2. The Bertz CT molecular complexity index is 744. The number of nitrogens with zero attached hydrogens (tertiary/aromatic N) is 1. The van der Waals surface area contributed by atoms with Crippen LogP contribution in [0.15, 0.2) is 23.1 Å². The molecular formula is C16H25N3O5S. The first-order valence-electron chi connectivity index (χ1n) is 7.69. The fourth-order valence-corrected chi connectivity index (χ4v) is 3.20. The lowest BCUT2D eigenvalue weighted by atomic mass is 10.0. The van der Waals surface area contributed by atoms with Gasteiger partial charge in [0.25, 0.3) is 0 Å². The molecule has 0 saturated heterocycles. The zero-order chi connectivity index (χ0) is 19.4. The lowest BCUT2D eigenvalue weighted by Gasteiger charge is -2.21. The van der Waals surface area contributed by atoms with Crippen molar-refractivity contribution in [2.75, 3.05) is 26.5 Å². The summed E-state index contributed by atoms with van der Waals surface area (Å²) >= 11 is 0. The Kier molecular flexibility index (Phi) is 6.95. The molecule has 0 heterocycles. The number of methoxy groups -OCH3 is 1. The first-order chi connectivity index (χ1) is 11.5. The molecule has 25 heavy (non-hydrogen) atoms. The number of amides is 2. The molecule has 0 aromatic heterocycles. The predicted molar refractivity (Wildman–Crippen MR) is 94.9 cm³/mol. The van der Waals surface area contributed by atoms with Crippen LogP contribution in [0.1, 0.15) is 20.8 Å². The molecule has 0 aliphatic rings. The highest BCUT2D eigenvalue weighted by molar-refractivity contribution is 7.89. The van der Waals surface area contributed by atoms with E-state index in [1.807, 2.05) is 0 Å². The van der Waals surface area contributed by atoms with Gasteiger partial charge >= 0.3 is 0 Å². The van der Waals surface area contributed by atoms with Crippen LogP contribution in [0.2, 0.25) is 0 Å². The molecule has 0 bridgehead atoms. The molecular weight excluding hydrogens is 346 g/mol. The van der Waals surface area contributed by atoms with Gasteiger partial charge in [0.2, 0.25) is 21.8 Å². The maximum atomic E-state index is 12.4. The molecule has 1 atom stereocenters. The van der Waals surface area contributed by atoms with Gasteiger partial charge in [0.1, 0.15) is 16.7 Å². The second kappa shape index (κ2) is 8.30. The van der Waals surface area contributed by atoms with E-state index in [0.29, 0.717) is 5.69 Å². The minimum atomic E-state index is -3.75. The Morgan fingerprint density at radius 1 is 1.20 bits per heavy atom. The van der Waals surface area contributed by atoms with Crippen molar-refractivity contribution in [3.8, 4) is 5.75 Å². The minimum absolute atomic E-state index is 0.0570. The van der Waals surface area contributed by atoms with E-state index in [1.165, 1.54) is 46.3 Å². The fourth-order valence-electron chi connectivity index (χ4n) is 2.13. The van der Waals surface area contributed by atoms with Crippen LogP contribution in [-0.2, 0) is 19.6 Å². The monoisotopic (exact) mass is 371 g/mol. The maximum absolute atomic E-state index is 12.4. The lowest BCUT2D eigenvalue weighted by molar-refractivity contribution is -0.126. The Labute approximate surface area is 148 Å². The first kappa shape index (κ1) is 20.9. The van der Waals surface area contributed by atoms with Crippen LogP contribution in [0.3, 0.4) is 0 Å². The van der Waals surface area contributed by atoms with Gasteiger partial charge in [0.15, 0.2) is 0 Å². The van der Waals surface area contributed by atoms with Crippen molar-refractivity contribution in [2.24, 2.45) is 5.92 Å². The highest BCUT2D eigenvalue weighted by Crippen LogP contribution is 2.29. The van der Waals surface area contributed by atoms with Crippen molar-refractivity contribution >= 4 is 27.5 Å². The molecule has 140 valence electrons. The summed E-state index contributed by atoms with van der Waals surface area (Å²) in [6, 6.07) is 3.61. The number of anilines is 1. The number of benzene rings is 1. The average Bonchev–Trinajstić information content (AvgIpc) is 2.51. The predicted octanol–water partition coefficient (Wildman–Crippen LogP) is 1.04. The average molecular weight is 371 g/mol. The SMILES string of the molecule is COc1ccc(NC(=O)C(NC(C)=O)C(C)C)cc1S(=O)(=O)N(C)C. The number of hydrogen-bond acceptors (Lipinski definition) is 5. The van der Waals surface area contributed by atoms with E-state index in [9.17, 15) is 18.0 Å². The number of carbonyl (C=O) groups is 2. The van der Waals surface area contributed by atoms with Crippen LogP contribution in [-0.4, -0.2) is 51.8 Å². The molecule has 0 aliphatic heterocycles. The Morgan fingerprint density at radius 2 is 1.80 bits per heavy atom. The summed E-state index contributed by atoms with van der Waals surface area (Å²) in [6.45, 7) is 4.93. The van der Waals surface area contributed by atoms with Crippen LogP contribution in [0.25, 0.3) is 0 Å². The molecule has 0 aliphatic carbocycles. The van der Waals surface area contributed by atoms with E-state index < -0.39 is 22.0 Å². The van der Waals surface area contributed by atoms with E-state index in [-0.39, 0.29) is 22.5 Å². The van der Waals surface area contributed by atoms with Crippen molar-refractivity contribution < 1.29 is 22.7 Å². The van der Waals surface area contributed by atoms with Crippen molar-refractivity contribution in [3.63, 3.8) is 0 Å². The molecule has 0 spiro atoms. The van der Waals surface area contributed by atoms with Gasteiger partial charge < -0.3 is 15.4 Å². The van der Waals surface area contributed by atoms with E-state index in [0.717, 1.165) is 4.31 Å². The van der Waals surface area contributed by atoms with Crippen molar-refractivity contribution in [3.05, 3.63) is 18.2 Å². The molecule has 8 nitrogen and oxygen atoms in total. The molecule has 1 aromatic rings. The minimum Gasteiger partial charge on any atom is -0.495 e. The molecule has 2 N–H and O–H groups in total. The van der Waals surface area contributed by atoms with Crippen LogP contribution in [0.5, 0.6) is 5.75 Å². The van der Waals surface area contributed by atoms with Gasteiger partial charge in [-0.25, -0.2) is 12.7 Å². The van der Waals surface area contributed by atoms with Gasteiger partial charge in [0, 0.05) is 26.7 Å². The zero-order valence-corrected chi connectivity index (χ0v) is 16.1. The zero-order valence-electron chi connectivity index (χ0n) is 15.3. The van der Waals surface area contributed by atoms with Crippen molar-refractivity contribution in [2.45, 2.75) is 31.7 Å². The third kappa shape index (κ3) is 5.17. The smallest absolute Gasteiger partial charge is 0.247 e. The molecule has 9 heteroatoms. The van der Waals surface area contributed by atoms with Crippen LogP contribution in [0, 0.1) is 5.92 Å². The number of carbonyl (C=O) groups excluding carboxylic acids is 2. The highest BCUT2D eigenvalue weighted by Gasteiger charge is 2.25. The van der Waals surface area contributed by atoms with Crippen LogP contribution < -0.4 is 15.4 Å². The number of hydrogen-bond donors (Lipinski definition) is 2. The number of nitrogens with one attached hydrogen (secondary N) is 2. The van der Waals surface area contributed by atoms with Gasteiger partial charge in [-0.2, -0.15) is 0 Å². The summed E-state index contributed by atoms with van der Waals surface area (Å²) in [4.78, 5) is 23.6. The molecule has 1 aromatic carbocycles. The summed E-state index contributed by atoms with van der Waals surface area (Å²) in [5, 5.41) is 5.22. The summed E-state index contributed by atoms with van der Waals surface area (Å²) in [7, 11) is 0.439. The summed E-state index contributed by atoms with van der Waals surface area (Å²) in [6.07, 6.45) is 0. The van der Waals surface area contributed by atoms with Crippen LogP contribution in [0.4, 0.5) is 5.69 Å². The number of ether oxygens (including phenoxy) is 1. The van der Waals surface area contributed by atoms with E-state index in [2.05, 4.69) is 10.6 Å². The van der Waals surface area contributed by atoms with Gasteiger partial charge in [-0.15, -0.1) is 0 Å². The quantitative estimate of drug-likeness (QED) is 0.745. The largest absolute Gasteiger partial charge is 0.495 e. The van der Waals surface area contributed by atoms with Gasteiger partial charge in [-0.05, 0) is 24.1 Å². The number of rotatable bonds is 7. The standard InChI is InChI=1S/C16H25N3O5S/c1-10(2)15(17-11(3)20)16(21)18-12-7-8-13(24-6)14(9-12)25(22,23)19(4)5/h7-10,15H,1-6H3,(H,17,20)(H,18,21). The topological polar surface area (TPSA) is 105 Å².